The minimum absolute atomic E-state index is 0. The zero-order chi connectivity index (χ0) is 19.1. The standard InChI is InChI=1S/C19H33N3O2S.HI/c1-7-16-8-10-17(11-9-16)14-22(5)18(20-4)21-15-19(2,3)12-13-25(6,23)24;/h8-11H,7,12-15H2,1-6H3,(H,20,21);1H. The number of benzene rings is 1. The molecule has 0 atom stereocenters. The molecule has 1 N–H and O–H groups in total. The monoisotopic (exact) mass is 495 g/mol. The van der Waals surface area contributed by atoms with E-state index in [0.717, 1.165) is 18.9 Å². The molecule has 5 nitrogen and oxygen atoms in total. The van der Waals surface area contributed by atoms with Gasteiger partial charge in [-0.1, -0.05) is 45.0 Å². The van der Waals surface area contributed by atoms with Crippen molar-refractivity contribution in [2.75, 3.05) is 32.6 Å². The van der Waals surface area contributed by atoms with Crippen LogP contribution in [0, 0.1) is 5.41 Å². The van der Waals surface area contributed by atoms with E-state index in [2.05, 4.69) is 60.2 Å². The Labute approximate surface area is 176 Å². The Bertz CT molecular complexity index is 671. The summed E-state index contributed by atoms with van der Waals surface area (Å²) in [6.07, 6.45) is 2.95. The second kappa shape index (κ2) is 11.1. The van der Waals surface area contributed by atoms with Crippen molar-refractivity contribution in [3.05, 3.63) is 35.4 Å². The Morgan fingerprint density at radius 1 is 1.19 bits per heavy atom. The molecule has 0 aliphatic carbocycles. The number of aryl methyl sites for hydroxylation is 1. The van der Waals surface area contributed by atoms with Crippen LogP contribution in [0.1, 0.15) is 38.3 Å². The summed E-state index contributed by atoms with van der Waals surface area (Å²) in [4.78, 5) is 6.42. The summed E-state index contributed by atoms with van der Waals surface area (Å²) in [7, 11) is 0.840. The van der Waals surface area contributed by atoms with Crippen molar-refractivity contribution in [3.63, 3.8) is 0 Å². The minimum atomic E-state index is -2.93. The topological polar surface area (TPSA) is 61.8 Å². The fourth-order valence-electron chi connectivity index (χ4n) is 2.48. The highest BCUT2D eigenvalue weighted by Gasteiger charge is 2.21. The maximum absolute atomic E-state index is 11.4. The molecule has 150 valence electrons. The molecule has 0 saturated heterocycles. The summed E-state index contributed by atoms with van der Waals surface area (Å²) in [5.41, 5.74) is 2.45. The summed E-state index contributed by atoms with van der Waals surface area (Å²) >= 11 is 0. The normalized spacial score (nSPS) is 12.5. The fraction of sp³-hybridized carbons (Fsp3) is 0.632. The van der Waals surface area contributed by atoms with Crippen LogP contribution in [0.2, 0.25) is 0 Å². The largest absolute Gasteiger partial charge is 0.356 e. The molecular formula is C19H34IN3O2S. The number of guanidine groups is 1. The number of hydrogen-bond acceptors (Lipinski definition) is 3. The zero-order valence-electron chi connectivity index (χ0n) is 16.9. The smallest absolute Gasteiger partial charge is 0.193 e. The average molecular weight is 495 g/mol. The Kier molecular flexibility index (Phi) is 10.8. The van der Waals surface area contributed by atoms with E-state index in [9.17, 15) is 8.42 Å². The van der Waals surface area contributed by atoms with Gasteiger partial charge in [-0.2, -0.15) is 0 Å². The van der Waals surface area contributed by atoms with E-state index in [1.165, 1.54) is 17.4 Å². The molecule has 0 aliphatic rings. The Morgan fingerprint density at radius 3 is 2.19 bits per heavy atom. The first-order valence-corrected chi connectivity index (χ1v) is 10.8. The third kappa shape index (κ3) is 9.75. The number of nitrogens with one attached hydrogen (secondary N) is 1. The van der Waals surface area contributed by atoms with E-state index in [1.807, 2.05) is 7.05 Å². The number of aliphatic imine (C=N–C) groups is 1. The number of halogens is 1. The van der Waals surface area contributed by atoms with Crippen LogP contribution in [-0.2, 0) is 22.8 Å². The average Bonchev–Trinajstić information content (AvgIpc) is 2.54. The van der Waals surface area contributed by atoms with Gasteiger partial charge in [-0.05, 0) is 29.4 Å². The lowest BCUT2D eigenvalue weighted by atomic mass is 9.90. The molecule has 0 saturated carbocycles. The van der Waals surface area contributed by atoms with E-state index < -0.39 is 9.84 Å². The molecule has 0 heterocycles. The molecule has 0 bridgehead atoms. The van der Waals surface area contributed by atoms with E-state index in [-0.39, 0.29) is 35.1 Å². The third-order valence-electron chi connectivity index (χ3n) is 4.30. The first-order chi connectivity index (χ1) is 11.6. The van der Waals surface area contributed by atoms with Gasteiger partial charge < -0.3 is 10.2 Å². The van der Waals surface area contributed by atoms with Crippen molar-refractivity contribution >= 4 is 39.8 Å². The molecule has 0 amide bonds. The summed E-state index contributed by atoms with van der Waals surface area (Å²) in [6, 6.07) is 8.62. The third-order valence-corrected chi connectivity index (χ3v) is 5.24. The number of sulfone groups is 1. The van der Waals surface area contributed by atoms with Crippen LogP contribution >= 0.6 is 24.0 Å². The first-order valence-electron chi connectivity index (χ1n) is 8.73. The van der Waals surface area contributed by atoms with Crippen LogP contribution in [0.25, 0.3) is 0 Å². The van der Waals surface area contributed by atoms with E-state index in [0.29, 0.717) is 13.0 Å². The quantitative estimate of drug-likeness (QED) is 0.342. The first kappa shape index (κ1) is 25.2. The molecule has 0 aliphatic heterocycles. The van der Waals surface area contributed by atoms with E-state index in [4.69, 9.17) is 0 Å². The molecule has 0 spiro atoms. The van der Waals surface area contributed by atoms with E-state index in [1.54, 1.807) is 7.05 Å². The summed E-state index contributed by atoms with van der Waals surface area (Å²) in [6.45, 7) is 7.74. The van der Waals surface area contributed by atoms with Crippen LogP contribution in [0.5, 0.6) is 0 Å². The highest BCUT2D eigenvalue weighted by atomic mass is 127. The van der Waals surface area contributed by atoms with Gasteiger partial charge >= 0.3 is 0 Å². The van der Waals surface area contributed by atoms with Gasteiger partial charge in [0.05, 0.1) is 5.75 Å². The van der Waals surface area contributed by atoms with Crippen LogP contribution in [0.3, 0.4) is 0 Å². The second-order valence-electron chi connectivity index (χ2n) is 7.47. The maximum atomic E-state index is 11.4. The lowest BCUT2D eigenvalue weighted by Crippen LogP contribution is -2.43. The lowest BCUT2D eigenvalue weighted by Gasteiger charge is -2.28. The SMILES string of the molecule is CCc1ccc(CN(C)C(=NC)NCC(C)(C)CCS(C)(=O)=O)cc1.I. The summed E-state index contributed by atoms with van der Waals surface area (Å²) in [5.74, 6) is 1.02. The molecule has 0 aromatic heterocycles. The zero-order valence-corrected chi connectivity index (χ0v) is 20.0. The highest BCUT2D eigenvalue weighted by molar-refractivity contribution is 14.0. The molecule has 1 aromatic rings. The van der Waals surface area contributed by atoms with Crippen molar-refractivity contribution < 1.29 is 8.42 Å². The van der Waals surface area contributed by atoms with Crippen LogP contribution in [0.4, 0.5) is 0 Å². The summed E-state index contributed by atoms with van der Waals surface area (Å²) in [5, 5.41) is 3.37. The second-order valence-corrected chi connectivity index (χ2v) is 9.73. The number of rotatable bonds is 8. The van der Waals surface area contributed by atoms with Gasteiger partial charge in [0.1, 0.15) is 9.84 Å². The molecule has 26 heavy (non-hydrogen) atoms. The Hall–Kier alpha value is -0.830. The van der Waals surface area contributed by atoms with Gasteiger partial charge in [0.15, 0.2) is 5.96 Å². The molecule has 0 radical (unpaired) electrons. The summed E-state index contributed by atoms with van der Waals surface area (Å²) < 4.78 is 22.8. The highest BCUT2D eigenvalue weighted by Crippen LogP contribution is 2.20. The molecule has 0 fully saturated rings. The molecular weight excluding hydrogens is 461 g/mol. The van der Waals surface area contributed by atoms with Gasteiger partial charge in [-0.25, -0.2) is 8.42 Å². The van der Waals surface area contributed by atoms with Crippen LogP contribution in [0.15, 0.2) is 29.3 Å². The molecule has 1 aromatic carbocycles. The van der Waals surface area contributed by atoms with Gasteiger partial charge in [-0.15, -0.1) is 24.0 Å². The van der Waals surface area contributed by atoms with Crippen LogP contribution < -0.4 is 5.32 Å². The molecule has 7 heteroatoms. The lowest BCUT2D eigenvalue weighted by molar-refractivity contribution is 0.340. The molecule has 1 rings (SSSR count). The van der Waals surface area contributed by atoms with Crippen LogP contribution in [-0.4, -0.2) is 51.9 Å². The van der Waals surface area contributed by atoms with Crippen molar-refractivity contribution in [2.24, 2.45) is 10.4 Å². The van der Waals surface area contributed by atoms with Gasteiger partial charge in [0, 0.05) is 33.4 Å². The van der Waals surface area contributed by atoms with Crippen molar-refractivity contribution in [1.29, 1.82) is 0 Å². The number of nitrogens with zero attached hydrogens (tertiary/aromatic N) is 2. The Morgan fingerprint density at radius 2 is 1.73 bits per heavy atom. The number of hydrogen-bond donors (Lipinski definition) is 1. The fourth-order valence-corrected chi connectivity index (χ4v) is 3.41. The minimum Gasteiger partial charge on any atom is -0.356 e. The predicted molar refractivity (Wildman–Crippen MR) is 122 cm³/mol. The maximum Gasteiger partial charge on any atom is 0.193 e. The van der Waals surface area contributed by atoms with Gasteiger partial charge in [-0.3, -0.25) is 4.99 Å². The van der Waals surface area contributed by atoms with Crippen molar-refractivity contribution in [3.8, 4) is 0 Å². The Balaban J connectivity index is 0.00000625. The predicted octanol–water partition coefficient (Wildman–Crippen LogP) is 3.34. The van der Waals surface area contributed by atoms with Crippen molar-refractivity contribution in [1.82, 2.24) is 10.2 Å². The van der Waals surface area contributed by atoms with Crippen molar-refractivity contribution in [2.45, 2.75) is 40.2 Å². The van der Waals surface area contributed by atoms with E-state index >= 15 is 0 Å². The van der Waals surface area contributed by atoms with Gasteiger partial charge in [0.2, 0.25) is 0 Å². The van der Waals surface area contributed by atoms with Gasteiger partial charge in [0.25, 0.3) is 0 Å². The molecule has 0 unspecified atom stereocenters.